The maximum Gasteiger partial charge on any atom is 0.220 e. The van der Waals surface area contributed by atoms with Gasteiger partial charge in [0.25, 0.3) is 0 Å². The van der Waals surface area contributed by atoms with E-state index in [0.717, 1.165) is 0 Å². The third-order valence-electron chi connectivity index (χ3n) is 7.70. The molecule has 2 aromatic heterocycles. The predicted molar refractivity (Wildman–Crippen MR) is 144 cm³/mol. The Morgan fingerprint density at radius 3 is 1.94 bits per heavy atom. The minimum Gasteiger partial charge on any atom is -0.309 e. The third kappa shape index (κ3) is 2.92. The van der Waals surface area contributed by atoms with Crippen LogP contribution in [0.3, 0.4) is 0 Å². The highest BCUT2D eigenvalue weighted by molar-refractivity contribution is 6.09. The van der Waals surface area contributed by atoms with Gasteiger partial charge in [-0.1, -0.05) is 36.4 Å². The molecule has 0 unspecified atom stereocenters. The van der Waals surface area contributed by atoms with Gasteiger partial charge in [0.05, 0.1) is 22.0 Å². The fourth-order valence-corrected chi connectivity index (χ4v) is 5.49. The molecular weight excluding hydrogens is 412 g/mol. The quantitative estimate of drug-likeness (QED) is 0.244. The molecule has 0 aliphatic carbocycles. The molecule has 0 bridgehead atoms. The summed E-state index contributed by atoms with van der Waals surface area (Å²) >= 11 is 0. The van der Waals surface area contributed by atoms with E-state index < -0.39 is 0 Å². The van der Waals surface area contributed by atoms with Crippen LogP contribution in [0, 0.1) is 27.7 Å². The number of rotatable bonds is 2. The summed E-state index contributed by atoms with van der Waals surface area (Å²) in [5.74, 6) is 0. The van der Waals surface area contributed by atoms with Crippen LogP contribution in [0.1, 0.15) is 22.3 Å². The number of hydrogen-bond acceptors (Lipinski definition) is 0. The highest BCUT2D eigenvalue weighted by atomic mass is 15.0. The van der Waals surface area contributed by atoms with Gasteiger partial charge >= 0.3 is 0 Å². The number of aryl methyl sites for hydroxylation is 2. The van der Waals surface area contributed by atoms with Crippen LogP contribution in [-0.2, 0) is 7.05 Å². The second-order valence-corrected chi connectivity index (χ2v) is 9.53. The van der Waals surface area contributed by atoms with Crippen LogP contribution in [0.2, 0.25) is 0 Å². The van der Waals surface area contributed by atoms with Crippen LogP contribution in [0.25, 0.3) is 49.5 Å². The van der Waals surface area contributed by atoms with Crippen LogP contribution in [0.4, 0.5) is 0 Å². The molecule has 0 aliphatic rings. The van der Waals surface area contributed by atoms with Gasteiger partial charge in [-0.2, -0.15) is 0 Å². The summed E-state index contributed by atoms with van der Waals surface area (Å²) in [4.78, 5) is 0. The Morgan fingerprint density at radius 1 is 0.618 bits per heavy atom. The van der Waals surface area contributed by atoms with Crippen LogP contribution in [0.15, 0.2) is 85.1 Å². The lowest BCUT2D eigenvalue weighted by Gasteiger charge is -2.15. The Bertz CT molecular complexity index is 1700. The summed E-state index contributed by atoms with van der Waals surface area (Å²) in [5, 5.41) is 5.11. The minimum atomic E-state index is 1.19. The summed E-state index contributed by atoms with van der Waals surface area (Å²) in [7, 11) is 2.15. The highest BCUT2D eigenvalue weighted by Gasteiger charge is 2.20. The molecule has 34 heavy (non-hydrogen) atoms. The monoisotopic (exact) mass is 441 g/mol. The number of benzene rings is 4. The molecule has 6 rings (SSSR count). The Morgan fingerprint density at radius 2 is 1.26 bits per heavy atom. The zero-order chi connectivity index (χ0) is 23.6. The summed E-state index contributed by atoms with van der Waals surface area (Å²) < 4.78 is 4.65. The number of para-hydroxylation sites is 2. The lowest BCUT2D eigenvalue weighted by Crippen LogP contribution is -2.31. The van der Waals surface area contributed by atoms with Crippen molar-refractivity contribution in [1.82, 2.24) is 4.57 Å². The van der Waals surface area contributed by atoms with Crippen molar-refractivity contribution in [2.24, 2.45) is 7.05 Å². The first-order valence-electron chi connectivity index (χ1n) is 11.9. The molecular formula is C32H29N2+. The lowest BCUT2D eigenvalue weighted by molar-refractivity contribution is -0.659. The lowest BCUT2D eigenvalue weighted by atomic mass is 9.91. The Balaban J connectivity index is 1.64. The molecule has 6 aromatic rings. The number of hydrogen-bond donors (Lipinski definition) is 0. The van der Waals surface area contributed by atoms with E-state index in [9.17, 15) is 0 Å². The van der Waals surface area contributed by atoms with Crippen molar-refractivity contribution in [2.45, 2.75) is 27.7 Å². The van der Waals surface area contributed by atoms with Crippen LogP contribution in [-0.4, -0.2) is 4.57 Å². The third-order valence-corrected chi connectivity index (χ3v) is 7.70. The van der Waals surface area contributed by atoms with E-state index >= 15 is 0 Å². The largest absolute Gasteiger partial charge is 0.309 e. The predicted octanol–water partition coefficient (Wildman–Crippen LogP) is 7.66. The van der Waals surface area contributed by atoms with Gasteiger partial charge in [0.2, 0.25) is 5.69 Å². The first kappa shape index (κ1) is 20.7. The average Bonchev–Trinajstić information content (AvgIpc) is 3.19. The number of pyridine rings is 1. The summed E-state index contributed by atoms with van der Waals surface area (Å²) in [5.41, 5.74) is 11.7. The van der Waals surface area contributed by atoms with Crippen molar-refractivity contribution in [3.05, 3.63) is 107 Å². The molecule has 0 atom stereocenters. The molecule has 0 N–H and O–H groups in total. The number of aromatic nitrogens is 2. The van der Waals surface area contributed by atoms with E-state index in [1.165, 1.54) is 71.8 Å². The number of fused-ring (bicyclic) bond motifs is 4. The van der Waals surface area contributed by atoms with Crippen molar-refractivity contribution >= 4 is 32.6 Å². The first-order valence-corrected chi connectivity index (χ1v) is 11.9. The first-order chi connectivity index (χ1) is 16.5. The Hall–Kier alpha value is -3.91. The van der Waals surface area contributed by atoms with E-state index in [1.807, 2.05) is 0 Å². The van der Waals surface area contributed by atoms with Crippen molar-refractivity contribution < 1.29 is 4.57 Å². The molecule has 2 nitrogen and oxygen atoms in total. The van der Waals surface area contributed by atoms with E-state index in [-0.39, 0.29) is 0 Å². The van der Waals surface area contributed by atoms with Crippen molar-refractivity contribution in [3.8, 4) is 16.9 Å². The second kappa shape index (κ2) is 7.56. The molecule has 0 amide bonds. The van der Waals surface area contributed by atoms with Gasteiger partial charge in [-0.15, -0.1) is 0 Å². The minimum absolute atomic E-state index is 1.19. The topological polar surface area (TPSA) is 8.81 Å². The zero-order valence-corrected chi connectivity index (χ0v) is 20.5. The highest BCUT2D eigenvalue weighted by Crippen LogP contribution is 2.35. The molecule has 0 saturated carbocycles. The second-order valence-electron chi connectivity index (χ2n) is 9.53. The van der Waals surface area contributed by atoms with Gasteiger partial charge in [-0.25, -0.2) is 4.57 Å². The molecule has 0 spiro atoms. The normalized spacial score (nSPS) is 11.7. The van der Waals surface area contributed by atoms with Gasteiger partial charge in [-0.3, -0.25) is 0 Å². The molecule has 4 aromatic carbocycles. The molecule has 2 heteroatoms. The van der Waals surface area contributed by atoms with Crippen LogP contribution < -0.4 is 4.57 Å². The van der Waals surface area contributed by atoms with E-state index in [1.54, 1.807) is 0 Å². The standard InChI is InChI=1S/C32H29N2/c1-20-18-29(23(4)22(3)21(20)2)32-26-15-14-25(19-24(26)16-17-33(32)5)34-30-12-8-6-10-27(30)28-11-7-9-13-31(28)34/h6-19H,1-5H3/q+1. The van der Waals surface area contributed by atoms with Crippen LogP contribution in [0.5, 0.6) is 0 Å². The van der Waals surface area contributed by atoms with Crippen molar-refractivity contribution in [3.63, 3.8) is 0 Å². The zero-order valence-electron chi connectivity index (χ0n) is 20.5. The molecule has 0 radical (unpaired) electrons. The summed E-state index contributed by atoms with van der Waals surface area (Å²) in [6.45, 7) is 8.94. The molecule has 0 fully saturated rings. The maximum absolute atomic E-state index is 2.39. The van der Waals surface area contributed by atoms with E-state index in [2.05, 4.69) is 129 Å². The van der Waals surface area contributed by atoms with Crippen molar-refractivity contribution in [2.75, 3.05) is 0 Å². The molecule has 166 valence electrons. The molecule has 0 saturated heterocycles. The summed E-state index contributed by atoms with van der Waals surface area (Å²) in [6, 6.07) is 28.9. The Labute approximate surface area is 200 Å². The number of nitrogens with zero attached hydrogens (tertiary/aromatic N) is 2. The smallest absolute Gasteiger partial charge is 0.220 e. The fraction of sp³-hybridized carbons (Fsp3) is 0.156. The Kier molecular flexibility index (Phi) is 4.60. The van der Waals surface area contributed by atoms with Crippen LogP contribution >= 0.6 is 0 Å². The van der Waals surface area contributed by atoms with Gasteiger partial charge in [0.1, 0.15) is 7.05 Å². The van der Waals surface area contributed by atoms with Gasteiger partial charge in [0.15, 0.2) is 6.20 Å². The molecule has 0 aliphatic heterocycles. The average molecular weight is 442 g/mol. The van der Waals surface area contributed by atoms with Gasteiger partial charge < -0.3 is 4.57 Å². The van der Waals surface area contributed by atoms with Gasteiger partial charge in [0, 0.05) is 22.5 Å². The molecule has 2 heterocycles. The van der Waals surface area contributed by atoms with Gasteiger partial charge in [-0.05, 0) is 91.7 Å². The van der Waals surface area contributed by atoms with E-state index in [0.29, 0.717) is 0 Å². The van der Waals surface area contributed by atoms with E-state index in [4.69, 9.17) is 0 Å². The maximum atomic E-state index is 2.39. The summed E-state index contributed by atoms with van der Waals surface area (Å²) in [6.07, 6.45) is 2.19. The van der Waals surface area contributed by atoms with Crippen molar-refractivity contribution in [1.29, 1.82) is 0 Å². The SMILES string of the molecule is Cc1cc(-c2c3ccc(-n4c5ccccc5c5ccccc54)cc3cc[n+]2C)c(C)c(C)c1C. The fourth-order valence-electron chi connectivity index (χ4n) is 5.49.